The number of halogens is 1. The molecule has 0 radical (unpaired) electrons. The predicted octanol–water partition coefficient (Wildman–Crippen LogP) is 2.46. The van der Waals surface area contributed by atoms with E-state index < -0.39 is 4.92 Å². The molecule has 0 N–H and O–H groups in total. The van der Waals surface area contributed by atoms with Gasteiger partial charge in [0.2, 0.25) is 5.91 Å². The van der Waals surface area contributed by atoms with E-state index in [0.717, 1.165) is 23.5 Å². The summed E-state index contributed by atoms with van der Waals surface area (Å²) in [6.45, 7) is 4.20. The molecule has 2 aromatic rings. The van der Waals surface area contributed by atoms with Crippen molar-refractivity contribution in [3.05, 3.63) is 64.0 Å². The molecule has 2 fully saturated rings. The van der Waals surface area contributed by atoms with Gasteiger partial charge in [0.25, 0.3) is 5.69 Å². The van der Waals surface area contributed by atoms with E-state index in [1.54, 1.807) is 18.2 Å². The van der Waals surface area contributed by atoms with Crippen LogP contribution in [0.5, 0.6) is 0 Å². The highest BCUT2D eigenvalue weighted by Gasteiger charge is 2.43. The first-order valence-corrected chi connectivity index (χ1v) is 10.9. The van der Waals surface area contributed by atoms with Crippen molar-refractivity contribution in [1.82, 2.24) is 4.90 Å². The summed E-state index contributed by atoms with van der Waals surface area (Å²) in [5.74, 6) is -0.520. The summed E-state index contributed by atoms with van der Waals surface area (Å²) in [5.41, 5.74) is 2.78. The molecule has 3 heterocycles. The van der Waals surface area contributed by atoms with E-state index in [-0.39, 0.29) is 29.4 Å². The summed E-state index contributed by atoms with van der Waals surface area (Å²) in [7, 11) is 0. The van der Waals surface area contributed by atoms with Crippen molar-refractivity contribution in [3.8, 4) is 0 Å². The van der Waals surface area contributed by atoms with Crippen LogP contribution in [0.1, 0.15) is 5.56 Å². The number of amides is 1. The molecular formula is C23H25FN4O4. The van der Waals surface area contributed by atoms with Gasteiger partial charge >= 0.3 is 0 Å². The minimum absolute atomic E-state index is 0.0460. The molecule has 5 rings (SSSR count). The number of nitro groups is 1. The molecule has 0 aromatic heterocycles. The second-order valence-corrected chi connectivity index (χ2v) is 8.50. The monoisotopic (exact) mass is 440 g/mol. The van der Waals surface area contributed by atoms with E-state index in [4.69, 9.17) is 4.74 Å². The number of fused-ring (bicyclic) bond motifs is 3. The van der Waals surface area contributed by atoms with Crippen LogP contribution in [0.2, 0.25) is 0 Å². The first kappa shape index (κ1) is 20.7. The van der Waals surface area contributed by atoms with Crippen LogP contribution in [0, 0.1) is 21.8 Å². The van der Waals surface area contributed by atoms with Crippen molar-refractivity contribution in [2.24, 2.45) is 5.92 Å². The second-order valence-electron chi connectivity index (χ2n) is 8.50. The van der Waals surface area contributed by atoms with Gasteiger partial charge in [-0.1, -0.05) is 0 Å². The molecule has 8 nitrogen and oxygen atoms in total. The number of carbonyl (C=O) groups is 1. The summed E-state index contributed by atoms with van der Waals surface area (Å²) < 4.78 is 18.8. The van der Waals surface area contributed by atoms with Gasteiger partial charge in [-0.15, -0.1) is 0 Å². The van der Waals surface area contributed by atoms with Crippen molar-refractivity contribution in [3.63, 3.8) is 0 Å². The van der Waals surface area contributed by atoms with Gasteiger partial charge in [-0.25, -0.2) is 4.39 Å². The maximum Gasteiger partial charge on any atom is 0.269 e. The molecule has 0 unspecified atom stereocenters. The zero-order valence-electron chi connectivity index (χ0n) is 17.7. The number of benzene rings is 2. The lowest BCUT2D eigenvalue weighted by molar-refractivity contribution is -0.384. The Balaban J connectivity index is 1.48. The van der Waals surface area contributed by atoms with Gasteiger partial charge in [0.05, 0.1) is 30.1 Å². The van der Waals surface area contributed by atoms with Crippen LogP contribution >= 0.6 is 0 Å². The summed E-state index contributed by atoms with van der Waals surface area (Å²) in [5, 5.41) is 11.3. The van der Waals surface area contributed by atoms with Gasteiger partial charge in [-0.2, -0.15) is 0 Å². The van der Waals surface area contributed by atoms with Crippen molar-refractivity contribution in [2.45, 2.75) is 12.5 Å². The second kappa shape index (κ2) is 8.38. The van der Waals surface area contributed by atoms with Crippen molar-refractivity contribution >= 4 is 23.0 Å². The molecule has 9 heteroatoms. The topological polar surface area (TPSA) is 79.2 Å². The van der Waals surface area contributed by atoms with Crippen molar-refractivity contribution in [2.75, 3.05) is 55.7 Å². The molecule has 0 spiro atoms. The molecule has 3 aliphatic rings. The zero-order chi connectivity index (χ0) is 22.2. The molecule has 0 aliphatic carbocycles. The summed E-state index contributed by atoms with van der Waals surface area (Å²) in [6.07, 6.45) is 0.464. The number of carbonyl (C=O) groups excluding carboxylic acids is 1. The van der Waals surface area contributed by atoms with E-state index in [1.807, 2.05) is 11.0 Å². The van der Waals surface area contributed by atoms with Gasteiger partial charge in [-0.05, 0) is 42.3 Å². The smallest absolute Gasteiger partial charge is 0.269 e. The Morgan fingerprint density at radius 1 is 1.06 bits per heavy atom. The number of ether oxygens (including phenoxy) is 1. The lowest BCUT2D eigenvalue weighted by atomic mass is 9.82. The summed E-state index contributed by atoms with van der Waals surface area (Å²) in [6, 6.07) is 11.3. The Hall–Kier alpha value is -3.20. The zero-order valence-corrected chi connectivity index (χ0v) is 17.7. The number of nitro benzene ring substituents is 1. The Morgan fingerprint density at radius 3 is 2.53 bits per heavy atom. The van der Waals surface area contributed by atoms with E-state index in [2.05, 4.69) is 9.80 Å². The van der Waals surface area contributed by atoms with E-state index in [9.17, 15) is 19.3 Å². The molecule has 0 saturated carbocycles. The van der Waals surface area contributed by atoms with Gasteiger partial charge in [-0.3, -0.25) is 14.9 Å². The van der Waals surface area contributed by atoms with Crippen LogP contribution in [-0.2, 0) is 16.0 Å². The number of nitrogens with zero attached hydrogens (tertiary/aromatic N) is 4. The van der Waals surface area contributed by atoms with Crippen LogP contribution in [-0.4, -0.2) is 67.7 Å². The fourth-order valence-corrected chi connectivity index (χ4v) is 5.11. The number of piperazine rings is 1. The minimum atomic E-state index is -0.391. The van der Waals surface area contributed by atoms with Crippen LogP contribution in [0.25, 0.3) is 0 Å². The molecular weight excluding hydrogens is 415 g/mol. The lowest BCUT2D eigenvalue weighted by Crippen LogP contribution is -2.62. The number of anilines is 2. The first-order chi connectivity index (χ1) is 15.5. The number of rotatable bonds is 3. The summed E-state index contributed by atoms with van der Waals surface area (Å²) in [4.78, 5) is 30.8. The lowest BCUT2D eigenvalue weighted by Gasteiger charge is -2.50. The van der Waals surface area contributed by atoms with Gasteiger partial charge in [0.1, 0.15) is 5.82 Å². The molecule has 168 valence electrons. The molecule has 2 atom stereocenters. The predicted molar refractivity (Wildman–Crippen MR) is 117 cm³/mol. The molecule has 2 aromatic carbocycles. The third kappa shape index (κ3) is 3.77. The van der Waals surface area contributed by atoms with Crippen LogP contribution in [0.15, 0.2) is 42.5 Å². The fourth-order valence-electron chi connectivity index (χ4n) is 5.11. The Morgan fingerprint density at radius 2 is 1.81 bits per heavy atom. The quantitative estimate of drug-likeness (QED) is 0.539. The van der Waals surface area contributed by atoms with Gasteiger partial charge in [0.15, 0.2) is 0 Å². The molecule has 2 saturated heterocycles. The normalized spacial score (nSPS) is 22.8. The SMILES string of the molecule is O=C([C@@H]1Cc2cc([N+](=O)[O-])ccc2N2CCN(c3ccc(F)cc3)C[C@@H]12)N1CCOCC1. The Kier molecular flexibility index (Phi) is 5.42. The maximum absolute atomic E-state index is 13.6. The average Bonchev–Trinajstić information content (AvgIpc) is 2.83. The third-order valence-corrected chi connectivity index (χ3v) is 6.74. The third-order valence-electron chi connectivity index (χ3n) is 6.74. The van der Waals surface area contributed by atoms with Crippen LogP contribution in [0.4, 0.5) is 21.5 Å². The molecule has 3 aliphatic heterocycles. The van der Waals surface area contributed by atoms with Crippen molar-refractivity contribution in [1.29, 1.82) is 0 Å². The molecule has 32 heavy (non-hydrogen) atoms. The Bertz CT molecular complexity index is 1030. The van der Waals surface area contributed by atoms with E-state index >= 15 is 0 Å². The minimum Gasteiger partial charge on any atom is -0.378 e. The standard InChI is InChI=1S/C23H25FN4O4/c24-17-1-3-18(4-2-17)26-7-8-27-21-6-5-19(28(30)31)13-16(21)14-20(22(27)15-26)23(29)25-9-11-32-12-10-25/h1-6,13,20,22H,7-12,14-15H2/t20-,22+/m1/s1. The summed E-state index contributed by atoms with van der Waals surface area (Å²) >= 11 is 0. The molecule has 0 bridgehead atoms. The van der Waals surface area contributed by atoms with Gasteiger partial charge < -0.3 is 19.4 Å². The van der Waals surface area contributed by atoms with E-state index in [1.165, 1.54) is 18.2 Å². The number of hydrogen-bond acceptors (Lipinski definition) is 6. The maximum atomic E-state index is 13.6. The number of morpholine rings is 1. The number of hydrogen-bond donors (Lipinski definition) is 0. The highest BCUT2D eigenvalue weighted by atomic mass is 19.1. The van der Waals surface area contributed by atoms with E-state index in [0.29, 0.717) is 45.8 Å². The molecule has 1 amide bonds. The largest absolute Gasteiger partial charge is 0.378 e. The first-order valence-electron chi connectivity index (χ1n) is 10.9. The average molecular weight is 440 g/mol. The fraction of sp³-hybridized carbons (Fsp3) is 0.435. The van der Waals surface area contributed by atoms with Crippen molar-refractivity contribution < 1.29 is 18.8 Å². The van der Waals surface area contributed by atoms with Crippen LogP contribution in [0.3, 0.4) is 0 Å². The Labute approximate surface area is 185 Å². The highest BCUT2D eigenvalue weighted by molar-refractivity contribution is 5.83. The number of non-ortho nitro benzene ring substituents is 1. The highest BCUT2D eigenvalue weighted by Crippen LogP contribution is 2.39. The van der Waals surface area contributed by atoms with Crippen LogP contribution < -0.4 is 9.80 Å². The van der Waals surface area contributed by atoms with Gasteiger partial charge in [0, 0.05) is 56.2 Å².